The number of dihydropyridines is 1. The molecule has 29 heavy (non-hydrogen) atoms. The Kier molecular flexibility index (Phi) is 5.74. The van der Waals surface area contributed by atoms with Gasteiger partial charge in [0.2, 0.25) is 0 Å². The van der Waals surface area contributed by atoms with Gasteiger partial charge < -0.3 is 16.4 Å². The third kappa shape index (κ3) is 4.38. The maximum Gasteiger partial charge on any atom is 0.139 e. The Bertz CT molecular complexity index is 1130. The highest BCUT2D eigenvalue weighted by Crippen LogP contribution is 2.35. The van der Waals surface area contributed by atoms with E-state index in [1.165, 1.54) is 11.0 Å². The third-order valence-electron chi connectivity index (χ3n) is 4.85. The Hall–Kier alpha value is -2.57. The monoisotopic (exact) mass is 420 g/mol. The van der Waals surface area contributed by atoms with E-state index in [4.69, 9.17) is 10.7 Å². The van der Waals surface area contributed by atoms with Crippen molar-refractivity contribution < 1.29 is 0 Å². The van der Waals surface area contributed by atoms with Crippen LogP contribution in [0, 0.1) is 0 Å². The second-order valence-corrected chi connectivity index (χ2v) is 8.98. The number of allylic oxidation sites excluding steroid dienone is 2. The predicted octanol–water partition coefficient (Wildman–Crippen LogP) is 5.88. The standard InChI is InChI=1S/C23H24N4S2/c1-14-13-25-15(2)10-20(14)26-23-18-7-5-4-6-16(18)11-22(27-23)29-17-8-9-19(24)21(12-17)28-3/h4-12,25H,13,24H2,1-3H3,(H,26,27). The van der Waals surface area contributed by atoms with E-state index in [9.17, 15) is 0 Å². The predicted molar refractivity (Wildman–Crippen MR) is 127 cm³/mol. The van der Waals surface area contributed by atoms with Gasteiger partial charge in [-0.2, -0.15) is 0 Å². The molecule has 2 heterocycles. The first-order chi connectivity index (χ1) is 14.0. The summed E-state index contributed by atoms with van der Waals surface area (Å²) in [6.07, 6.45) is 4.18. The molecule has 4 N–H and O–H groups in total. The van der Waals surface area contributed by atoms with Gasteiger partial charge in [0.05, 0.1) is 0 Å². The summed E-state index contributed by atoms with van der Waals surface area (Å²) >= 11 is 3.31. The number of aromatic nitrogens is 1. The fourth-order valence-electron chi connectivity index (χ4n) is 3.23. The molecule has 2 aromatic carbocycles. The molecule has 0 saturated heterocycles. The largest absolute Gasteiger partial charge is 0.398 e. The van der Waals surface area contributed by atoms with Crippen LogP contribution in [-0.4, -0.2) is 17.8 Å². The van der Waals surface area contributed by atoms with E-state index in [1.54, 1.807) is 23.5 Å². The first-order valence-electron chi connectivity index (χ1n) is 9.43. The summed E-state index contributed by atoms with van der Waals surface area (Å²) in [6, 6.07) is 16.6. The molecule has 0 radical (unpaired) electrons. The van der Waals surface area contributed by atoms with Crippen molar-refractivity contribution in [2.45, 2.75) is 28.7 Å². The number of hydrogen-bond acceptors (Lipinski definition) is 6. The van der Waals surface area contributed by atoms with Gasteiger partial charge in [-0.1, -0.05) is 36.0 Å². The number of benzene rings is 2. The first-order valence-corrected chi connectivity index (χ1v) is 11.5. The fourth-order valence-corrected chi connectivity index (χ4v) is 4.73. The molecule has 0 bridgehead atoms. The number of nitrogens with zero attached hydrogens (tertiary/aromatic N) is 1. The second kappa shape index (κ2) is 8.43. The zero-order valence-electron chi connectivity index (χ0n) is 16.7. The van der Waals surface area contributed by atoms with E-state index in [0.717, 1.165) is 49.6 Å². The van der Waals surface area contributed by atoms with Crippen LogP contribution >= 0.6 is 23.5 Å². The molecular formula is C23H24N4S2. The number of nitrogen functional groups attached to an aromatic ring is 1. The van der Waals surface area contributed by atoms with Gasteiger partial charge in [-0.15, -0.1) is 11.8 Å². The highest BCUT2D eigenvalue weighted by atomic mass is 32.2. The van der Waals surface area contributed by atoms with Crippen molar-refractivity contribution in [2.75, 3.05) is 23.9 Å². The Morgan fingerprint density at radius 2 is 1.93 bits per heavy atom. The van der Waals surface area contributed by atoms with Gasteiger partial charge in [0.25, 0.3) is 0 Å². The SMILES string of the molecule is CSc1cc(Sc2cc3ccccc3c(NC3=C(C)CNC(C)=C3)n2)ccc1N. The van der Waals surface area contributed by atoms with Gasteiger partial charge in [0.15, 0.2) is 0 Å². The molecule has 148 valence electrons. The molecule has 0 aliphatic carbocycles. The molecule has 0 spiro atoms. The molecule has 6 heteroatoms. The minimum atomic E-state index is 0.811. The van der Waals surface area contributed by atoms with Crippen LogP contribution < -0.4 is 16.4 Å². The normalized spacial score (nSPS) is 14.0. The van der Waals surface area contributed by atoms with Gasteiger partial charge in [0, 0.05) is 38.8 Å². The van der Waals surface area contributed by atoms with E-state index in [-0.39, 0.29) is 0 Å². The minimum Gasteiger partial charge on any atom is -0.398 e. The molecule has 0 atom stereocenters. The molecule has 0 saturated carbocycles. The lowest BCUT2D eigenvalue weighted by atomic mass is 10.1. The molecule has 1 aliphatic rings. The summed E-state index contributed by atoms with van der Waals surface area (Å²) in [5.74, 6) is 0.881. The summed E-state index contributed by atoms with van der Waals surface area (Å²) < 4.78 is 0. The maximum absolute atomic E-state index is 6.05. The Balaban J connectivity index is 1.73. The average molecular weight is 421 g/mol. The molecule has 0 amide bonds. The van der Waals surface area contributed by atoms with Crippen molar-refractivity contribution in [3.05, 3.63) is 71.6 Å². The fraction of sp³-hybridized carbons (Fsp3) is 0.174. The smallest absolute Gasteiger partial charge is 0.139 e. The van der Waals surface area contributed by atoms with Crippen LogP contribution in [-0.2, 0) is 0 Å². The summed E-state index contributed by atoms with van der Waals surface area (Å²) in [4.78, 5) is 7.18. The Morgan fingerprint density at radius 1 is 1.10 bits per heavy atom. The quantitative estimate of drug-likeness (QED) is 0.354. The van der Waals surface area contributed by atoms with Crippen LogP contribution in [0.25, 0.3) is 10.8 Å². The van der Waals surface area contributed by atoms with Crippen LogP contribution in [0.5, 0.6) is 0 Å². The highest BCUT2D eigenvalue weighted by molar-refractivity contribution is 7.99. The van der Waals surface area contributed by atoms with Crippen LogP contribution in [0.3, 0.4) is 0 Å². The topological polar surface area (TPSA) is 63.0 Å². The number of anilines is 2. The molecular weight excluding hydrogens is 396 g/mol. The molecule has 1 aliphatic heterocycles. The maximum atomic E-state index is 6.05. The molecule has 4 nitrogen and oxygen atoms in total. The van der Waals surface area contributed by atoms with Gasteiger partial charge in [-0.3, -0.25) is 0 Å². The summed E-state index contributed by atoms with van der Waals surface area (Å²) in [6.45, 7) is 5.06. The molecule has 4 rings (SSSR count). The van der Waals surface area contributed by atoms with Gasteiger partial charge in [0.1, 0.15) is 10.8 Å². The number of hydrogen-bond donors (Lipinski definition) is 3. The number of fused-ring (bicyclic) bond motifs is 1. The Labute approximate surface area is 180 Å². The number of nitrogens with one attached hydrogen (secondary N) is 2. The number of rotatable bonds is 5. The van der Waals surface area contributed by atoms with Gasteiger partial charge in [-0.05, 0) is 61.4 Å². The van der Waals surface area contributed by atoms with E-state index >= 15 is 0 Å². The lowest BCUT2D eigenvalue weighted by Crippen LogP contribution is -2.21. The van der Waals surface area contributed by atoms with Crippen molar-refractivity contribution in [3.8, 4) is 0 Å². The van der Waals surface area contributed by atoms with Crippen molar-refractivity contribution in [1.29, 1.82) is 0 Å². The summed E-state index contributed by atoms with van der Waals surface area (Å²) in [5, 5.41) is 10.2. The van der Waals surface area contributed by atoms with Crippen molar-refractivity contribution in [1.82, 2.24) is 10.3 Å². The summed E-state index contributed by atoms with van der Waals surface area (Å²) in [5.41, 5.74) is 10.4. The van der Waals surface area contributed by atoms with Crippen molar-refractivity contribution >= 4 is 45.8 Å². The first kappa shape index (κ1) is 19.7. The van der Waals surface area contributed by atoms with Crippen molar-refractivity contribution in [2.24, 2.45) is 0 Å². The number of nitrogens with two attached hydrogens (primary N) is 1. The highest BCUT2D eigenvalue weighted by Gasteiger charge is 2.12. The minimum absolute atomic E-state index is 0.811. The van der Waals surface area contributed by atoms with Crippen LogP contribution in [0.4, 0.5) is 11.5 Å². The van der Waals surface area contributed by atoms with Crippen LogP contribution in [0.1, 0.15) is 13.8 Å². The van der Waals surface area contributed by atoms with Crippen LogP contribution in [0.15, 0.2) is 86.4 Å². The van der Waals surface area contributed by atoms with Gasteiger partial charge >= 0.3 is 0 Å². The molecule has 0 unspecified atom stereocenters. The van der Waals surface area contributed by atoms with E-state index in [0.29, 0.717) is 0 Å². The lowest BCUT2D eigenvalue weighted by Gasteiger charge is -2.20. The molecule has 1 aromatic heterocycles. The van der Waals surface area contributed by atoms with E-state index in [2.05, 4.69) is 73.0 Å². The third-order valence-corrected chi connectivity index (χ3v) is 6.55. The van der Waals surface area contributed by atoms with Gasteiger partial charge in [-0.25, -0.2) is 4.98 Å². The van der Waals surface area contributed by atoms with Crippen molar-refractivity contribution in [3.63, 3.8) is 0 Å². The zero-order chi connectivity index (χ0) is 20.4. The average Bonchev–Trinajstić information content (AvgIpc) is 2.72. The Morgan fingerprint density at radius 3 is 2.76 bits per heavy atom. The lowest BCUT2D eigenvalue weighted by molar-refractivity contribution is 0.840. The zero-order valence-corrected chi connectivity index (χ0v) is 18.4. The van der Waals surface area contributed by atoms with Crippen LogP contribution in [0.2, 0.25) is 0 Å². The summed E-state index contributed by atoms with van der Waals surface area (Å²) in [7, 11) is 0. The molecule has 0 fully saturated rings. The van der Waals surface area contributed by atoms with E-state index in [1.807, 2.05) is 12.3 Å². The number of thioether (sulfide) groups is 1. The number of pyridine rings is 1. The second-order valence-electron chi connectivity index (χ2n) is 7.04. The molecule has 3 aromatic rings. The van der Waals surface area contributed by atoms with E-state index < -0.39 is 0 Å².